The third-order valence-electron chi connectivity index (χ3n) is 5.28. The van der Waals surface area contributed by atoms with Gasteiger partial charge < -0.3 is 9.47 Å². The Bertz CT molecular complexity index is 647. The minimum atomic E-state index is -0.0807. The largest absolute Gasteiger partial charge is 0.494 e. The van der Waals surface area contributed by atoms with Gasteiger partial charge in [-0.1, -0.05) is 38.0 Å². The molecule has 1 atom stereocenters. The molecule has 1 aromatic rings. The fraction of sp³-hybridized carbons (Fsp3) is 0.571. The van der Waals surface area contributed by atoms with Crippen LogP contribution >= 0.6 is 0 Å². The van der Waals surface area contributed by atoms with Gasteiger partial charge in [-0.15, -0.1) is 0 Å². The van der Waals surface area contributed by atoms with Crippen LogP contribution in [0.4, 0.5) is 0 Å². The first kappa shape index (κ1) is 18.0. The molecule has 25 heavy (non-hydrogen) atoms. The van der Waals surface area contributed by atoms with Gasteiger partial charge in [-0.25, -0.2) is 0 Å². The van der Waals surface area contributed by atoms with Crippen LogP contribution < -0.4 is 4.74 Å². The van der Waals surface area contributed by atoms with E-state index in [0.29, 0.717) is 5.92 Å². The first-order valence-electron chi connectivity index (χ1n) is 9.37. The van der Waals surface area contributed by atoms with Crippen molar-refractivity contribution in [3.05, 3.63) is 34.9 Å². The molecular formula is C21H29NO3. The molecule has 4 heteroatoms. The van der Waals surface area contributed by atoms with Crippen LogP contribution in [0.1, 0.15) is 37.8 Å². The number of benzene rings is 1. The molecule has 4 nitrogen and oxygen atoms in total. The van der Waals surface area contributed by atoms with Crippen molar-refractivity contribution in [2.24, 2.45) is 11.8 Å². The Kier molecular flexibility index (Phi) is 5.79. The van der Waals surface area contributed by atoms with Gasteiger partial charge in [0.1, 0.15) is 5.75 Å². The summed E-state index contributed by atoms with van der Waals surface area (Å²) >= 11 is 0. The first-order chi connectivity index (χ1) is 12.1. The Morgan fingerprint density at radius 2 is 2.12 bits per heavy atom. The van der Waals surface area contributed by atoms with Crippen molar-refractivity contribution in [1.29, 1.82) is 0 Å². The third-order valence-corrected chi connectivity index (χ3v) is 5.28. The van der Waals surface area contributed by atoms with Gasteiger partial charge in [0.25, 0.3) is 0 Å². The minimum absolute atomic E-state index is 0.0552. The predicted molar refractivity (Wildman–Crippen MR) is 99.6 cm³/mol. The van der Waals surface area contributed by atoms with Crippen molar-refractivity contribution >= 4 is 12.0 Å². The number of hydrogen-bond acceptors (Lipinski definition) is 4. The highest BCUT2D eigenvalue weighted by molar-refractivity contribution is 5.74. The number of nitrogens with zero attached hydrogens (tertiary/aromatic N) is 1. The number of rotatable bonds is 7. The van der Waals surface area contributed by atoms with Crippen LogP contribution in [0.3, 0.4) is 0 Å². The molecule has 1 fully saturated rings. The molecule has 0 amide bonds. The number of unbranched alkanes of at least 4 members (excludes halogenated alkanes) is 1. The Morgan fingerprint density at radius 1 is 1.32 bits per heavy atom. The maximum Gasteiger partial charge on any atom is 0.311 e. The lowest BCUT2D eigenvalue weighted by Gasteiger charge is -2.39. The second kappa shape index (κ2) is 8.05. The van der Waals surface area contributed by atoms with E-state index < -0.39 is 0 Å². The molecule has 3 rings (SSSR count). The molecule has 1 aliphatic heterocycles. The second-order valence-electron chi connectivity index (χ2n) is 7.30. The van der Waals surface area contributed by atoms with Crippen LogP contribution in [-0.4, -0.2) is 44.2 Å². The number of esters is 1. The van der Waals surface area contributed by atoms with Crippen molar-refractivity contribution in [2.45, 2.75) is 33.1 Å². The Morgan fingerprint density at radius 3 is 2.84 bits per heavy atom. The number of fused-ring (bicyclic) bond motifs is 1. The van der Waals surface area contributed by atoms with E-state index in [4.69, 9.17) is 9.47 Å². The van der Waals surface area contributed by atoms with Gasteiger partial charge in [0.15, 0.2) is 0 Å². The lowest BCUT2D eigenvalue weighted by molar-refractivity contribution is -0.151. The molecule has 136 valence electrons. The SMILES string of the molecule is CCCCOc1ccc2c(c1)C[C@H](C)C(CN1CC(C(=O)OC)C1)=C2. The summed E-state index contributed by atoms with van der Waals surface area (Å²) in [4.78, 5) is 13.8. The maximum atomic E-state index is 11.5. The van der Waals surface area contributed by atoms with Crippen molar-refractivity contribution in [3.63, 3.8) is 0 Å². The van der Waals surface area contributed by atoms with E-state index >= 15 is 0 Å². The summed E-state index contributed by atoms with van der Waals surface area (Å²) in [5.74, 6) is 1.48. The maximum absolute atomic E-state index is 11.5. The summed E-state index contributed by atoms with van der Waals surface area (Å²) in [5.41, 5.74) is 4.14. The lowest BCUT2D eigenvalue weighted by atomic mass is 9.83. The highest BCUT2D eigenvalue weighted by Gasteiger charge is 2.34. The number of carbonyl (C=O) groups excluding carboxylic acids is 1. The van der Waals surface area contributed by atoms with Crippen LogP contribution in [0.15, 0.2) is 23.8 Å². The highest BCUT2D eigenvalue weighted by Crippen LogP contribution is 2.32. The number of hydrogen-bond donors (Lipinski definition) is 0. The normalized spacial score (nSPS) is 20.4. The summed E-state index contributed by atoms with van der Waals surface area (Å²) in [5, 5.41) is 0. The standard InChI is InChI=1S/C21H29NO3/c1-4-5-8-25-20-7-6-16-10-18(15(2)9-17(16)11-20)12-22-13-19(14-22)21(23)24-3/h6-7,10-11,15,19H,4-5,8-9,12-14H2,1-3H3/t15-/m0/s1. The lowest BCUT2D eigenvalue weighted by Crippen LogP contribution is -2.51. The average Bonchev–Trinajstić information content (AvgIpc) is 2.57. The van der Waals surface area contributed by atoms with Gasteiger partial charge in [-0.05, 0) is 42.0 Å². The van der Waals surface area contributed by atoms with Gasteiger partial charge in [0.2, 0.25) is 0 Å². The molecule has 1 heterocycles. The third kappa shape index (κ3) is 4.24. The molecule has 0 radical (unpaired) electrons. The number of carbonyl (C=O) groups is 1. The zero-order chi connectivity index (χ0) is 17.8. The molecule has 0 spiro atoms. The topological polar surface area (TPSA) is 38.8 Å². The van der Waals surface area contributed by atoms with E-state index in [2.05, 4.69) is 43.0 Å². The zero-order valence-electron chi connectivity index (χ0n) is 15.6. The molecule has 0 bridgehead atoms. The van der Waals surface area contributed by atoms with Gasteiger partial charge in [0, 0.05) is 19.6 Å². The summed E-state index contributed by atoms with van der Waals surface area (Å²) in [7, 11) is 1.47. The van der Waals surface area contributed by atoms with E-state index in [1.165, 1.54) is 23.8 Å². The van der Waals surface area contributed by atoms with Crippen LogP contribution in [-0.2, 0) is 16.0 Å². The van der Waals surface area contributed by atoms with Crippen molar-refractivity contribution in [1.82, 2.24) is 4.90 Å². The predicted octanol–water partition coefficient (Wildman–Crippen LogP) is 3.55. The smallest absolute Gasteiger partial charge is 0.311 e. The number of methoxy groups -OCH3 is 1. The summed E-state index contributed by atoms with van der Waals surface area (Å²) < 4.78 is 10.7. The molecule has 1 aromatic carbocycles. The van der Waals surface area contributed by atoms with E-state index in [1.54, 1.807) is 0 Å². The van der Waals surface area contributed by atoms with Crippen LogP contribution in [0.5, 0.6) is 5.75 Å². The Balaban J connectivity index is 1.61. The molecule has 2 aliphatic rings. The number of likely N-dealkylation sites (tertiary alicyclic amines) is 1. The minimum Gasteiger partial charge on any atom is -0.494 e. The molecule has 0 saturated carbocycles. The van der Waals surface area contributed by atoms with Crippen molar-refractivity contribution in [2.75, 3.05) is 33.4 Å². The summed E-state index contributed by atoms with van der Waals surface area (Å²) in [6.07, 6.45) is 5.63. The van der Waals surface area contributed by atoms with Gasteiger partial charge in [-0.3, -0.25) is 9.69 Å². The Hall–Kier alpha value is -1.81. The molecular weight excluding hydrogens is 314 g/mol. The van der Waals surface area contributed by atoms with E-state index in [9.17, 15) is 4.79 Å². The van der Waals surface area contributed by atoms with Gasteiger partial charge >= 0.3 is 5.97 Å². The fourth-order valence-electron chi connectivity index (χ4n) is 3.60. The molecule has 0 aromatic heterocycles. The van der Waals surface area contributed by atoms with E-state index in [-0.39, 0.29) is 11.9 Å². The quantitative estimate of drug-likeness (QED) is 0.561. The fourth-order valence-corrected chi connectivity index (χ4v) is 3.60. The summed E-state index contributed by atoms with van der Waals surface area (Å²) in [6, 6.07) is 6.46. The van der Waals surface area contributed by atoms with Gasteiger partial charge in [-0.2, -0.15) is 0 Å². The van der Waals surface area contributed by atoms with Crippen molar-refractivity contribution in [3.8, 4) is 5.75 Å². The Labute approximate surface area is 150 Å². The monoisotopic (exact) mass is 343 g/mol. The molecule has 1 saturated heterocycles. The molecule has 1 aliphatic carbocycles. The summed E-state index contributed by atoms with van der Waals surface area (Å²) in [6.45, 7) is 7.83. The van der Waals surface area contributed by atoms with Gasteiger partial charge in [0.05, 0.1) is 19.6 Å². The number of ether oxygens (including phenoxy) is 2. The van der Waals surface area contributed by atoms with Crippen molar-refractivity contribution < 1.29 is 14.3 Å². The van der Waals surface area contributed by atoms with E-state index in [1.807, 2.05) is 0 Å². The molecule has 0 unspecified atom stereocenters. The van der Waals surface area contributed by atoms with Crippen LogP contribution in [0, 0.1) is 11.8 Å². The first-order valence-corrected chi connectivity index (χ1v) is 9.37. The second-order valence-corrected chi connectivity index (χ2v) is 7.30. The average molecular weight is 343 g/mol. The zero-order valence-corrected chi connectivity index (χ0v) is 15.6. The molecule has 0 N–H and O–H groups in total. The van der Waals surface area contributed by atoms with Crippen LogP contribution in [0.25, 0.3) is 6.08 Å². The van der Waals surface area contributed by atoms with E-state index in [0.717, 1.165) is 51.3 Å². The van der Waals surface area contributed by atoms with Crippen LogP contribution in [0.2, 0.25) is 0 Å². The highest BCUT2D eigenvalue weighted by atomic mass is 16.5.